The third-order valence-electron chi connectivity index (χ3n) is 5.79. The lowest BCUT2D eigenvalue weighted by Crippen LogP contribution is -2.63. The molecule has 10 nitrogen and oxygen atoms in total. The van der Waals surface area contributed by atoms with E-state index in [4.69, 9.17) is 4.42 Å². The minimum Gasteiger partial charge on any atom is -0.423 e. The molecule has 5 rings (SSSR count). The van der Waals surface area contributed by atoms with Crippen LogP contribution >= 0.6 is 0 Å². The van der Waals surface area contributed by atoms with Crippen LogP contribution in [0.25, 0.3) is 22.2 Å². The first-order valence-corrected chi connectivity index (χ1v) is 11.7. The van der Waals surface area contributed by atoms with E-state index in [1.54, 1.807) is 23.1 Å². The van der Waals surface area contributed by atoms with E-state index in [9.17, 15) is 18.5 Å². The number of carbonyl (C=O) groups is 1. The number of benzene rings is 1. The number of carbonyl (C=O) groups excluding carboxylic acids is 1. The van der Waals surface area contributed by atoms with Crippen molar-refractivity contribution >= 4 is 33.0 Å². The highest BCUT2D eigenvalue weighted by Crippen LogP contribution is 2.37. The van der Waals surface area contributed by atoms with E-state index >= 15 is 0 Å². The molecule has 0 radical (unpaired) electrons. The Balaban J connectivity index is 1.46. The van der Waals surface area contributed by atoms with E-state index in [0.717, 1.165) is 30.2 Å². The van der Waals surface area contributed by atoms with Crippen molar-refractivity contribution in [2.24, 2.45) is 5.92 Å². The van der Waals surface area contributed by atoms with Gasteiger partial charge in [-0.2, -0.15) is 19.6 Å². The summed E-state index contributed by atoms with van der Waals surface area (Å²) in [5.74, 6) is -0.0437. The van der Waals surface area contributed by atoms with E-state index in [0.29, 0.717) is 11.1 Å². The van der Waals surface area contributed by atoms with Crippen molar-refractivity contribution in [3.8, 4) is 17.2 Å². The number of anilines is 1. The molecule has 0 spiro atoms. The molecule has 1 amide bonds. The minimum atomic E-state index is -3.32. The van der Waals surface area contributed by atoms with E-state index in [1.165, 1.54) is 4.31 Å². The van der Waals surface area contributed by atoms with Crippen LogP contribution in [-0.4, -0.2) is 52.7 Å². The van der Waals surface area contributed by atoms with Crippen molar-refractivity contribution in [3.05, 3.63) is 30.6 Å². The lowest BCUT2D eigenvalue weighted by molar-refractivity contribution is -0.117. The highest BCUT2D eigenvalue weighted by Gasteiger charge is 2.49. The Morgan fingerprint density at radius 3 is 2.84 bits per heavy atom. The fourth-order valence-corrected chi connectivity index (χ4v) is 4.78. The summed E-state index contributed by atoms with van der Waals surface area (Å²) in [6.07, 6.45) is 6.51. The molecule has 160 valence electrons. The lowest BCUT2D eigenvalue weighted by atomic mass is 9.89. The summed E-state index contributed by atoms with van der Waals surface area (Å²) < 4.78 is 32.4. The fourth-order valence-electron chi connectivity index (χ4n) is 3.83. The normalized spacial score (nSPS) is 18.5. The monoisotopic (exact) mass is 440 g/mol. The molecule has 2 aromatic heterocycles. The van der Waals surface area contributed by atoms with Crippen LogP contribution in [0.5, 0.6) is 0 Å². The fraction of sp³-hybridized carbons (Fsp3) is 0.400. The van der Waals surface area contributed by atoms with E-state index in [1.807, 2.05) is 12.1 Å². The molecule has 1 N–H and O–H groups in total. The van der Waals surface area contributed by atoms with Crippen LogP contribution in [0.1, 0.15) is 19.3 Å². The Hall–Kier alpha value is -3.23. The number of para-hydroxylation sites is 1. The summed E-state index contributed by atoms with van der Waals surface area (Å²) in [6, 6.07) is 7.81. The Morgan fingerprint density at radius 1 is 1.39 bits per heavy atom. The highest BCUT2D eigenvalue weighted by molar-refractivity contribution is 7.88. The Kier molecular flexibility index (Phi) is 4.39. The third kappa shape index (κ3) is 3.47. The van der Waals surface area contributed by atoms with Crippen molar-refractivity contribution in [3.63, 3.8) is 0 Å². The molecule has 1 aliphatic heterocycles. The summed E-state index contributed by atoms with van der Waals surface area (Å²) in [6.45, 7) is 0.398. The van der Waals surface area contributed by atoms with Crippen molar-refractivity contribution in [2.45, 2.75) is 24.8 Å². The average Bonchev–Trinajstić information content (AvgIpc) is 3.28. The molecule has 0 unspecified atom stereocenters. The van der Waals surface area contributed by atoms with Gasteiger partial charge in [0.2, 0.25) is 15.9 Å². The zero-order valence-electron chi connectivity index (χ0n) is 16.8. The van der Waals surface area contributed by atoms with Crippen LogP contribution in [0, 0.1) is 17.2 Å². The lowest BCUT2D eigenvalue weighted by Gasteiger charge is -2.47. The maximum atomic E-state index is 12.0. The molecule has 3 heterocycles. The minimum absolute atomic E-state index is 0.0398. The molecule has 31 heavy (non-hydrogen) atoms. The summed E-state index contributed by atoms with van der Waals surface area (Å²) in [4.78, 5) is 16.4. The maximum absolute atomic E-state index is 12.0. The molecular weight excluding hydrogens is 420 g/mol. The van der Waals surface area contributed by atoms with Gasteiger partial charge >= 0.3 is 6.01 Å². The Morgan fingerprint density at radius 2 is 2.16 bits per heavy atom. The van der Waals surface area contributed by atoms with Crippen molar-refractivity contribution in [2.75, 3.05) is 24.7 Å². The van der Waals surface area contributed by atoms with Crippen LogP contribution in [0.4, 0.5) is 6.01 Å². The van der Waals surface area contributed by atoms with Gasteiger partial charge in [0.1, 0.15) is 11.1 Å². The molecule has 2 fully saturated rings. The third-order valence-corrected chi connectivity index (χ3v) is 6.99. The van der Waals surface area contributed by atoms with Gasteiger partial charge in [-0.05, 0) is 18.9 Å². The second kappa shape index (κ2) is 6.90. The zero-order chi connectivity index (χ0) is 21.8. The number of sulfonamides is 1. The SMILES string of the molecule is CS(=O)(=O)N1CC(CC#N)(n2cc(-c3cccc4nc(NC(=O)C5CC5)oc34)cn2)C1. The molecule has 1 saturated carbocycles. The Labute approximate surface area is 178 Å². The average molecular weight is 440 g/mol. The van der Waals surface area contributed by atoms with Gasteiger partial charge in [-0.1, -0.05) is 12.1 Å². The first-order valence-electron chi connectivity index (χ1n) is 9.87. The molecule has 0 bridgehead atoms. The largest absolute Gasteiger partial charge is 0.423 e. The van der Waals surface area contributed by atoms with E-state index < -0.39 is 15.6 Å². The molecule has 1 aliphatic carbocycles. The molecule has 3 aromatic rings. The first kappa shape index (κ1) is 19.7. The highest BCUT2D eigenvalue weighted by atomic mass is 32.2. The van der Waals surface area contributed by atoms with Crippen LogP contribution in [0.3, 0.4) is 0 Å². The number of fused-ring (bicyclic) bond motifs is 1. The zero-order valence-corrected chi connectivity index (χ0v) is 17.6. The molecule has 0 atom stereocenters. The van der Waals surface area contributed by atoms with Gasteiger partial charge in [0.25, 0.3) is 0 Å². The number of aromatic nitrogens is 3. The van der Waals surface area contributed by atoms with Crippen molar-refractivity contribution < 1.29 is 17.6 Å². The Bertz CT molecular complexity index is 1330. The number of oxazole rings is 1. The number of nitrogens with one attached hydrogen (secondary N) is 1. The molecule has 1 saturated heterocycles. The van der Waals surface area contributed by atoms with Crippen LogP contribution in [-0.2, 0) is 20.4 Å². The standard InChI is InChI=1S/C20H20N6O4S/c1-31(28,29)25-11-20(12-25,7-8-21)26-10-14(9-22-26)15-3-2-4-16-17(15)30-19(23-16)24-18(27)13-5-6-13/h2-4,9-10,13H,5-7,11-12H2,1H3,(H,23,24,27). The number of rotatable bonds is 6. The van der Waals surface area contributed by atoms with Crippen molar-refractivity contribution in [1.29, 1.82) is 5.26 Å². The van der Waals surface area contributed by atoms with Crippen molar-refractivity contribution in [1.82, 2.24) is 19.1 Å². The van der Waals surface area contributed by atoms with E-state index in [2.05, 4.69) is 21.5 Å². The van der Waals surface area contributed by atoms with E-state index in [-0.39, 0.29) is 37.4 Å². The summed E-state index contributed by atoms with van der Waals surface area (Å²) in [7, 11) is -3.32. The smallest absolute Gasteiger partial charge is 0.302 e. The number of nitrogens with zero attached hydrogens (tertiary/aromatic N) is 5. The number of hydrogen-bond acceptors (Lipinski definition) is 7. The predicted octanol–water partition coefficient (Wildman–Crippen LogP) is 1.92. The summed E-state index contributed by atoms with van der Waals surface area (Å²) in [5.41, 5.74) is 1.92. The van der Waals surface area contributed by atoms with Gasteiger partial charge < -0.3 is 4.42 Å². The number of hydrogen-bond donors (Lipinski definition) is 1. The predicted molar refractivity (Wildman–Crippen MR) is 111 cm³/mol. The van der Waals surface area contributed by atoms with Gasteiger partial charge in [0.15, 0.2) is 5.58 Å². The topological polar surface area (TPSA) is 134 Å². The first-order chi connectivity index (χ1) is 14.8. The van der Waals surface area contributed by atoms with Gasteiger partial charge in [-0.15, -0.1) is 0 Å². The number of amides is 1. The molecule has 2 aliphatic rings. The second-order valence-corrected chi connectivity index (χ2v) is 10.2. The summed E-state index contributed by atoms with van der Waals surface area (Å²) >= 11 is 0. The molecule has 1 aromatic carbocycles. The number of nitriles is 1. The quantitative estimate of drug-likeness (QED) is 0.619. The summed E-state index contributed by atoms with van der Waals surface area (Å²) in [5, 5.41) is 16.4. The van der Waals surface area contributed by atoms with Crippen LogP contribution < -0.4 is 5.32 Å². The van der Waals surface area contributed by atoms with Gasteiger partial charge in [0, 0.05) is 36.3 Å². The van der Waals surface area contributed by atoms with Gasteiger partial charge in [0.05, 0.1) is 24.9 Å². The molecule has 11 heteroatoms. The maximum Gasteiger partial charge on any atom is 0.302 e. The van der Waals surface area contributed by atoms with Gasteiger partial charge in [-0.25, -0.2) is 8.42 Å². The second-order valence-electron chi connectivity index (χ2n) is 8.20. The molecular formula is C20H20N6O4S. The van der Waals surface area contributed by atoms with Crippen LogP contribution in [0.15, 0.2) is 35.0 Å². The van der Waals surface area contributed by atoms with Gasteiger partial charge in [-0.3, -0.25) is 14.8 Å². The van der Waals surface area contributed by atoms with Crippen LogP contribution in [0.2, 0.25) is 0 Å².